The number of carbonyl (C=O) groups is 1. The molecule has 5 N–H and O–H groups in total. The molecule has 0 aliphatic carbocycles. The Morgan fingerprint density at radius 3 is 2.42 bits per heavy atom. The van der Waals surface area contributed by atoms with Crippen LogP contribution in [0.25, 0.3) is 5.70 Å². The van der Waals surface area contributed by atoms with Crippen LogP contribution >= 0.6 is 23.2 Å². The zero-order chi connectivity index (χ0) is 19.1. The molecule has 0 heterocycles. The van der Waals surface area contributed by atoms with Crippen LogP contribution in [0.3, 0.4) is 0 Å². The number of benzene rings is 2. The Morgan fingerprint density at radius 1 is 1.23 bits per heavy atom. The maximum Gasteiger partial charge on any atom is 0.273 e. The number of amides is 1. The number of aliphatic imine (C=N–C) groups is 1. The Balaban J connectivity index is 2.18. The number of halogens is 2. The van der Waals surface area contributed by atoms with Gasteiger partial charge >= 0.3 is 0 Å². The molecule has 0 atom stereocenters. The third kappa shape index (κ3) is 5.49. The lowest BCUT2D eigenvalue weighted by atomic mass is 10.1. The van der Waals surface area contributed by atoms with Gasteiger partial charge in [-0.25, -0.2) is 0 Å². The third-order valence-corrected chi connectivity index (χ3v) is 3.97. The Morgan fingerprint density at radius 2 is 1.85 bits per heavy atom. The van der Waals surface area contributed by atoms with E-state index < -0.39 is 5.91 Å². The van der Waals surface area contributed by atoms with Gasteiger partial charge < -0.3 is 11.5 Å². The van der Waals surface area contributed by atoms with E-state index in [9.17, 15) is 4.79 Å². The van der Waals surface area contributed by atoms with E-state index in [-0.39, 0.29) is 12.3 Å². The normalized spacial score (nSPS) is 12.1. The van der Waals surface area contributed by atoms with Gasteiger partial charge in [0.1, 0.15) is 5.84 Å². The average molecular weight is 393 g/mol. The van der Waals surface area contributed by atoms with Gasteiger partial charge in [0.05, 0.1) is 28.5 Å². The molecule has 0 unspecified atom stereocenters. The van der Waals surface area contributed by atoms with E-state index in [0.29, 0.717) is 27.0 Å². The molecule has 0 fully saturated rings. The molecule has 0 aliphatic rings. The van der Waals surface area contributed by atoms with E-state index in [1.54, 1.807) is 12.1 Å². The first-order chi connectivity index (χ1) is 12.4. The number of nitrogen functional groups attached to an aromatic ring is 1. The van der Waals surface area contributed by atoms with Crippen molar-refractivity contribution < 1.29 is 9.63 Å². The lowest BCUT2D eigenvalue weighted by Crippen LogP contribution is -2.18. The number of hydrogen-bond donors (Lipinski definition) is 3. The maximum absolute atomic E-state index is 12.2. The molecular formula is C18H18Cl2N4O2. The van der Waals surface area contributed by atoms with Crippen molar-refractivity contribution in [1.82, 2.24) is 5.48 Å². The van der Waals surface area contributed by atoms with Crippen molar-refractivity contribution in [1.29, 1.82) is 0 Å². The number of nitrogens with two attached hydrogens (primary N) is 2. The van der Waals surface area contributed by atoms with E-state index in [2.05, 4.69) is 10.5 Å². The van der Waals surface area contributed by atoms with Crippen molar-refractivity contribution >= 4 is 46.3 Å². The molecular weight excluding hydrogens is 375 g/mol. The summed E-state index contributed by atoms with van der Waals surface area (Å²) in [7, 11) is 1.45. The summed E-state index contributed by atoms with van der Waals surface area (Å²) in [5.41, 5.74) is 16.4. The van der Waals surface area contributed by atoms with Gasteiger partial charge in [0.2, 0.25) is 0 Å². The van der Waals surface area contributed by atoms with Crippen LogP contribution in [-0.4, -0.2) is 18.9 Å². The summed E-state index contributed by atoms with van der Waals surface area (Å²) in [6.45, 7) is 0. The molecule has 1 amide bonds. The average Bonchev–Trinajstić information content (AvgIpc) is 2.59. The summed E-state index contributed by atoms with van der Waals surface area (Å²) in [6.07, 6.45) is 1.51. The molecule has 26 heavy (non-hydrogen) atoms. The summed E-state index contributed by atoms with van der Waals surface area (Å²) in [5, 5.41) is 0.643. The first-order valence-electron chi connectivity index (χ1n) is 7.57. The smallest absolute Gasteiger partial charge is 0.273 e. The number of amidine groups is 1. The van der Waals surface area contributed by atoms with E-state index in [4.69, 9.17) is 39.5 Å². The van der Waals surface area contributed by atoms with Crippen LogP contribution in [0, 0.1) is 0 Å². The van der Waals surface area contributed by atoms with Gasteiger partial charge in [-0.05, 0) is 17.7 Å². The van der Waals surface area contributed by atoms with Crippen LogP contribution in [0.4, 0.5) is 5.69 Å². The van der Waals surface area contributed by atoms with Gasteiger partial charge in [0.15, 0.2) is 0 Å². The van der Waals surface area contributed by atoms with Gasteiger partial charge in [-0.15, -0.1) is 0 Å². The number of hydrogen-bond acceptors (Lipinski definition) is 4. The summed E-state index contributed by atoms with van der Waals surface area (Å²) < 4.78 is 0. The lowest BCUT2D eigenvalue weighted by molar-refractivity contribution is -0.113. The van der Waals surface area contributed by atoms with Gasteiger partial charge in [0, 0.05) is 18.1 Å². The fourth-order valence-electron chi connectivity index (χ4n) is 2.18. The highest BCUT2D eigenvalue weighted by atomic mass is 35.5. The molecule has 6 nitrogen and oxygen atoms in total. The predicted octanol–water partition coefficient (Wildman–Crippen LogP) is 3.19. The first-order valence-corrected chi connectivity index (χ1v) is 8.32. The van der Waals surface area contributed by atoms with Crippen molar-refractivity contribution in [3.8, 4) is 0 Å². The largest absolute Gasteiger partial charge is 0.396 e. The highest BCUT2D eigenvalue weighted by Crippen LogP contribution is 2.28. The molecule has 2 aromatic rings. The van der Waals surface area contributed by atoms with Gasteiger partial charge in [-0.2, -0.15) is 4.99 Å². The minimum atomic E-state index is -0.529. The fourth-order valence-corrected chi connectivity index (χ4v) is 2.72. The van der Waals surface area contributed by atoms with Crippen molar-refractivity contribution in [3.63, 3.8) is 0 Å². The minimum absolute atomic E-state index is 0.119. The molecule has 0 aliphatic heterocycles. The number of carbonyl (C=O) groups excluding carboxylic acids is 1. The van der Waals surface area contributed by atoms with Crippen LogP contribution in [0.5, 0.6) is 0 Å². The summed E-state index contributed by atoms with van der Waals surface area (Å²) in [4.78, 5) is 21.0. The maximum atomic E-state index is 12.2. The van der Waals surface area contributed by atoms with E-state index >= 15 is 0 Å². The van der Waals surface area contributed by atoms with Crippen molar-refractivity contribution in [2.45, 2.75) is 6.42 Å². The van der Waals surface area contributed by atoms with Gasteiger partial charge in [-0.3, -0.25) is 15.1 Å². The Bertz CT molecular complexity index is 829. The van der Waals surface area contributed by atoms with E-state index in [0.717, 1.165) is 5.56 Å². The molecule has 2 aromatic carbocycles. The number of anilines is 1. The van der Waals surface area contributed by atoms with Gasteiger partial charge in [0.25, 0.3) is 5.91 Å². The van der Waals surface area contributed by atoms with Crippen LogP contribution in [-0.2, 0) is 16.1 Å². The Kier molecular flexibility index (Phi) is 7.03. The first kappa shape index (κ1) is 19.8. The fraction of sp³-hybridized carbons (Fsp3) is 0.111. The van der Waals surface area contributed by atoms with Crippen LogP contribution < -0.4 is 16.9 Å². The highest BCUT2D eigenvalue weighted by Gasteiger charge is 2.08. The second kappa shape index (κ2) is 9.24. The summed E-state index contributed by atoms with van der Waals surface area (Å²) in [6, 6.07) is 12.5. The second-order valence-electron chi connectivity index (χ2n) is 5.32. The number of nitrogens with one attached hydrogen (secondary N) is 1. The number of hydroxylamine groups is 1. The molecule has 8 heteroatoms. The molecule has 0 spiro atoms. The number of nitrogens with zero attached hydrogens (tertiary/aromatic N) is 1. The number of rotatable bonds is 6. The molecule has 136 valence electrons. The topological polar surface area (TPSA) is 103 Å². The Labute approximate surface area is 161 Å². The molecule has 0 aromatic heterocycles. The molecule has 0 saturated heterocycles. The standard InChI is InChI=1S/C18H18Cl2N4O2/c1-26-24-15(12-5-3-2-4-6-12)10-17(25)23-16(21)9-11-7-13(19)18(22)14(20)8-11/h2-8,10,24H,9,22H2,1H3,(H2,21,23,25). The van der Waals surface area contributed by atoms with E-state index in [1.165, 1.54) is 13.2 Å². The van der Waals surface area contributed by atoms with Crippen LogP contribution in [0.15, 0.2) is 53.5 Å². The minimum Gasteiger partial charge on any atom is -0.396 e. The van der Waals surface area contributed by atoms with Crippen LogP contribution in [0.2, 0.25) is 10.0 Å². The summed E-state index contributed by atoms with van der Waals surface area (Å²) in [5.74, 6) is -0.411. The quantitative estimate of drug-likeness (QED) is 0.230. The van der Waals surface area contributed by atoms with E-state index in [1.807, 2.05) is 30.3 Å². The van der Waals surface area contributed by atoms with Crippen molar-refractivity contribution in [2.75, 3.05) is 12.8 Å². The molecule has 0 saturated carbocycles. The van der Waals surface area contributed by atoms with Gasteiger partial charge in [-0.1, -0.05) is 53.5 Å². The monoisotopic (exact) mass is 392 g/mol. The third-order valence-electron chi connectivity index (χ3n) is 3.34. The van der Waals surface area contributed by atoms with Crippen LogP contribution in [0.1, 0.15) is 11.1 Å². The van der Waals surface area contributed by atoms with Crippen molar-refractivity contribution in [2.24, 2.45) is 10.7 Å². The Hall–Kier alpha value is -2.54. The zero-order valence-electron chi connectivity index (χ0n) is 14.0. The SMILES string of the molecule is CONC(=CC(=O)N=C(N)Cc1cc(Cl)c(N)c(Cl)c1)c1ccccc1. The highest BCUT2D eigenvalue weighted by molar-refractivity contribution is 6.38. The molecule has 2 rings (SSSR count). The van der Waals surface area contributed by atoms with Crippen molar-refractivity contribution in [3.05, 3.63) is 69.7 Å². The lowest BCUT2D eigenvalue weighted by Gasteiger charge is -2.08. The molecule has 0 bridgehead atoms. The summed E-state index contributed by atoms with van der Waals surface area (Å²) >= 11 is 12.0. The molecule has 0 radical (unpaired) electrons. The second-order valence-corrected chi connectivity index (χ2v) is 6.14. The predicted molar refractivity (Wildman–Crippen MR) is 106 cm³/mol. The zero-order valence-corrected chi connectivity index (χ0v) is 15.5.